The van der Waals surface area contributed by atoms with E-state index in [0.29, 0.717) is 26.3 Å². The zero-order valence-corrected chi connectivity index (χ0v) is 22.5. The molecule has 2 heterocycles. The summed E-state index contributed by atoms with van der Waals surface area (Å²) in [6.07, 6.45) is 0. The summed E-state index contributed by atoms with van der Waals surface area (Å²) in [6.45, 7) is 13.7. The van der Waals surface area contributed by atoms with E-state index in [1.165, 1.54) is 12.1 Å². The standard InChI is InChI=1S/C23H34FN5OS.HI/c1-5-25-22(27-15-21-28-20(16-31-21)23(2,3)4)26-14-19(29-10-12-30-13-11-29)17-6-8-18(24)9-7-17;/h6-9,16,19H,5,10-15H2,1-4H3,(H2,25,26,27);1H. The summed E-state index contributed by atoms with van der Waals surface area (Å²) in [6, 6.07) is 6.89. The summed E-state index contributed by atoms with van der Waals surface area (Å²) >= 11 is 1.65. The third kappa shape index (κ3) is 7.93. The molecule has 3 rings (SSSR count). The monoisotopic (exact) mass is 575 g/mol. The molecule has 0 amide bonds. The molecule has 6 nitrogen and oxygen atoms in total. The van der Waals surface area contributed by atoms with Crippen LogP contribution in [0.2, 0.25) is 0 Å². The Morgan fingerprint density at radius 1 is 1.22 bits per heavy atom. The van der Waals surface area contributed by atoms with Gasteiger partial charge in [0.1, 0.15) is 10.8 Å². The van der Waals surface area contributed by atoms with E-state index in [0.717, 1.165) is 41.9 Å². The minimum absolute atomic E-state index is 0. The predicted molar refractivity (Wildman–Crippen MR) is 141 cm³/mol. The Labute approximate surface area is 212 Å². The first kappa shape index (κ1) is 26.9. The van der Waals surface area contributed by atoms with Gasteiger partial charge in [0.05, 0.1) is 31.5 Å². The highest BCUT2D eigenvalue weighted by Crippen LogP contribution is 2.24. The number of benzene rings is 1. The number of thiazole rings is 1. The number of morpholine rings is 1. The topological polar surface area (TPSA) is 61.8 Å². The maximum atomic E-state index is 13.5. The maximum Gasteiger partial charge on any atom is 0.191 e. The second-order valence-corrected chi connectivity index (χ2v) is 9.61. The van der Waals surface area contributed by atoms with Crippen molar-refractivity contribution in [1.29, 1.82) is 0 Å². The largest absolute Gasteiger partial charge is 0.379 e. The van der Waals surface area contributed by atoms with Crippen molar-refractivity contribution in [1.82, 2.24) is 20.5 Å². The first-order valence-corrected chi connectivity index (χ1v) is 11.8. The number of nitrogens with one attached hydrogen (secondary N) is 2. The van der Waals surface area contributed by atoms with E-state index < -0.39 is 0 Å². The normalized spacial score (nSPS) is 16.3. The van der Waals surface area contributed by atoms with Crippen LogP contribution in [0.3, 0.4) is 0 Å². The third-order valence-corrected chi connectivity index (χ3v) is 6.07. The van der Waals surface area contributed by atoms with Crippen molar-refractivity contribution < 1.29 is 9.13 Å². The summed E-state index contributed by atoms with van der Waals surface area (Å²) in [5.41, 5.74) is 2.23. The number of nitrogens with zero attached hydrogens (tertiary/aromatic N) is 3. The summed E-state index contributed by atoms with van der Waals surface area (Å²) in [5.74, 6) is 0.542. The molecule has 2 aromatic rings. The highest BCUT2D eigenvalue weighted by molar-refractivity contribution is 14.0. The molecular formula is C23H35FIN5OS. The van der Waals surface area contributed by atoms with Gasteiger partial charge in [-0.15, -0.1) is 35.3 Å². The van der Waals surface area contributed by atoms with E-state index in [9.17, 15) is 4.39 Å². The SMILES string of the molecule is CCNC(=NCc1nc(C(C)(C)C)cs1)NCC(c1ccc(F)cc1)N1CCOCC1.I. The lowest BCUT2D eigenvalue weighted by molar-refractivity contribution is 0.0170. The molecule has 1 fully saturated rings. The lowest BCUT2D eigenvalue weighted by Gasteiger charge is -2.35. The van der Waals surface area contributed by atoms with Gasteiger partial charge < -0.3 is 15.4 Å². The second kappa shape index (κ2) is 12.8. The van der Waals surface area contributed by atoms with Gasteiger partial charge in [-0.3, -0.25) is 4.90 Å². The number of rotatable bonds is 7. The molecule has 32 heavy (non-hydrogen) atoms. The van der Waals surface area contributed by atoms with Crippen molar-refractivity contribution >= 4 is 41.3 Å². The first-order valence-electron chi connectivity index (χ1n) is 10.9. The van der Waals surface area contributed by atoms with E-state index in [-0.39, 0.29) is 41.3 Å². The van der Waals surface area contributed by atoms with Gasteiger partial charge in [-0.25, -0.2) is 14.4 Å². The second-order valence-electron chi connectivity index (χ2n) is 8.67. The molecule has 178 valence electrons. The number of halogens is 2. The van der Waals surface area contributed by atoms with Crippen LogP contribution in [0.4, 0.5) is 4.39 Å². The van der Waals surface area contributed by atoms with Gasteiger partial charge in [0, 0.05) is 37.0 Å². The number of hydrogen-bond donors (Lipinski definition) is 2. The van der Waals surface area contributed by atoms with E-state index in [4.69, 9.17) is 14.7 Å². The van der Waals surface area contributed by atoms with Crippen molar-refractivity contribution in [2.75, 3.05) is 39.4 Å². The maximum absolute atomic E-state index is 13.5. The Kier molecular flexibility index (Phi) is 10.8. The van der Waals surface area contributed by atoms with E-state index >= 15 is 0 Å². The molecule has 0 spiro atoms. The Morgan fingerprint density at radius 2 is 1.91 bits per heavy atom. The van der Waals surface area contributed by atoms with Crippen LogP contribution in [-0.2, 0) is 16.7 Å². The van der Waals surface area contributed by atoms with Crippen LogP contribution < -0.4 is 10.6 Å². The molecular weight excluding hydrogens is 540 g/mol. The fraction of sp³-hybridized carbons (Fsp3) is 0.565. The highest BCUT2D eigenvalue weighted by atomic mass is 127. The highest BCUT2D eigenvalue weighted by Gasteiger charge is 2.23. The van der Waals surface area contributed by atoms with Crippen molar-refractivity contribution in [3.63, 3.8) is 0 Å². The number of guanidine groups is 1. The lowest BCUT2D eigenvalue weighted by atomic mass is 9.93. The zero-order chi connectivity index (χ0) is 22.3. The molecule has 1 atom stereocenters. The van der Waals surface area contributed by atoms with Crippen LogP contribution in [0.15, 0.2) is 34.6 Å². The van der Waals surface area contributed by atoms with E-state index in [2.05, 4.69) is 48.6 Å². The Morgan fingerprint density at radius 3 is 2.50 bits per heavy atom. The molecule has 9 heteroatoms. The fourth-order valence-corrected chi connectivity index (χ4v) is 4.39. The minimum atomic E-state index is -0.217. The molecule has 1 unspecified atom stereocenters. The van der Waals surface area contributed by atoms with Gasteiger partial charge in [0.2, 0.25) is 0 Å². The Bertz CT molecular complexity index is 847. The van der Waals surface area contributed by atoms with Crippen LogP contribution >= 0.6 is 35.3 Å². The van der Waals surface area contributed by atoms with Crippen LogP contribution in [0.1, 0.15) is 50.0 Å². The molecule has 1 aromatic carbocycles. The molecule has 1 aliphatic heterocycles. The smallest absolute Gasteiger partial charge is 0.191 e. The van der Waals surface area contributed by atoms with Gasteiger partial charge in [-0.1, -0.05) is 32.9 Å². The third-order valence-electron chi connectivity index (χ3n) is 5.24. The molecule has 1 saturated heterocycles. The molecule has 0 aliphatic carbocycles. The van der Waals surface area contributed by atoms with Crippen LogP contribution in [0.25, 0.3) is 0 Å². The average molecular weight is 576 g/mol. The molecule has 0 radical (unpaired) electrons. The summed E-state index contributed by atoms with van der Waals surface area (Å²) in [4.78, 5) is 11.9. The van der Waals surface area contributed by atoms with Crippen LogP contribution in [-0.4, -0.2) is 55.2 Å². The minimum Gasteiger partial charge on any atom is -0.379 e. The van der Waals surface area contributed by atoms with Gasteiger partial charge in [-0.2, -0.15) is 0 Å². The van der Waals surface area contributed by atoms with E-state index in [1.54, 1.807) is 11.3 Å². The summed E-state index contributed by atoms with van der Waals surface area (Å²) < 4.78 is 19.0. The van der Waals surface area contributed by atoms with E-state index in [1.807, 2.05) is 12.1 Å². The number of hydrogen-bond acceptors (Lipinski definition) is 5. The quantitative estimate of drug-likeness (QED) is 0.293. The van der Waals surface area contributed by atoms with Crippen molar-refractivity contribution in [3.05, 3.63) is 51.7 Å². The van der Waals surface area contributed by atoms with Gasteiger partial charge >= 0.3 is 0 Å². The van der Waals surface area contributed by atoms with Crippen molar-refractivity contribution in [2.24, 2.45) is 4.99 Å². The number of aliphatic imine (C=N–C) groups is 1. The first-order chi connectivity index (χ1) is 14.9. The molecule has 0 saturated carbocycles. The zero-order valence-electron chi connectivity index (χ0n) is 19.4. The average Bonchev–Trinajstić information content (AvgIpc) is 3.24. The summed E-state index contributed by atoms with van der Waals surface area (Å²) in [5, 5.41) is 9.92. The lowest BCUT2D eigenvalue weighted by Crippen LogP contribution is -2.46. The van der Waals surface area contributed by atoms with Gasteiger partial charge in [-0.05, 0) is 24.6 Å². The predicted octanol–water partition coefficient (Wildman–Crippen LogP) is 4.33. The van der Waals surface area contributed by atoms with Crippen LogP contribution in [0, 0.1) is 5.82 Å². The van der Waals surface area contributed by atoms with Gasteiger partial charge in [0.15, 0.2) is 5.96 Å². The molecule has 1 aromatic heterocycles. The number of ether oxygens (including phenoxy) is 1. The Balaban J connectivity index is 0.00000363. The Hall–Kier alpha value is -1.30. The van der Waals surface area contributed by atoms with Crippen LogP contribution in [0.5, 0.6) is 0 Å². The molecule has 2 N–H and O–H groups in total. The van der Waals surface area contributed by atoms with Crippen molar-refractivity contribution in [2.45, 2.75) is 45.7 Å². The number of aromatic nitrogens is 1. The van der Waals surface area contributed by atoms with Crippen molar-refractivity contribution in [3.8, 4) is 0 Å². The van der Waals surface area contributed by atoms with Gasteiger partial charge in [0.25, 0.3) is 0 Å². The summed E-state index contributed by atoms with van der Waals surface area (Å²) in [7, 11) is 0. The fourth-order valence-electron chi connectivity index (χ4n) is 3.44. The molecule has 1 aliphatic rings. The molecule has 0 bridgehead atoms.